The average molecular weight is 218 g/mol. The number of esters is 2. The molecule has 0 atom stereocenters. The van der Waals surface area contributed by atoms with Crippen molar-refractivity contribution in [1.82, 2.24) is 0 Å². The van der Waals surface area contributed by atoms with Crippen LogP contribution in [0.2, 0.25) is 0 Å². The molecule has 0 unspecified atom stereocenters. The van der Waals surface area contributed by atoms with Crippen LogP contribution in [0.3, 0.4) is 0 Å². The van der Waals surface area contributed by atoms with E-state index in [4.69, 9.17) is 5.11 Å². The summed E-state index contributed by atoms with van der Waals surface area (Å²) < 4.78 is 9.01. The van der Waals surface area contributed by atoms with Crippen molar-refractivity contribution >= 4 is 17.9 Å². The Morgan fingerprint density at radius 3 is 2.20 bits per heavy atom. The van der Waals surface area contributed by atoms with E-state index >= 15 is 0 Å². The van der Waals surface area contributed by atoms with Gasteiger partial charge in [-0.2, -0.15) is 0 Å². The van der Waals surface area contributed by atoms with Gasteiger partial charge < -0.3 is 14.6 Å². The Labute approximate surface area is 87.2 Å². The first-order valence-corrected chi connectivity index (χ1v) is 4.50. The fourth-order valence-corrected chi connectivity index (χ4v) is 0.788. The maximum atomic E-state index is 10.9. The molecular weight excluding hydrogens is 204 g/mol. The number of rotatable bonds is 7. The largest absolute Gasteiger partial charge is 0.481 e. The summed E-state index contributed by atoms with van der Waals surface area (Å²) in [6.45, 7) is 0.0618. The third-order valence-electron chi connectivity index (χ3n) is 1.56. The molecule has 0 saturated carbocycles. The first kappa shape index (κ1) is 13.4. The highest BCUT2D eigenvalue weighted by Gasteiger charge is 2.07. The zero-order chi connectivity index (χ0) is 11.7. The summed E-state index contributed by atoms with van der Waals surface area (Å²) in [5, 5.41) is 8.29. The number of carbonyl (C=O) groups is 3. The van der Waals surface area contributed by atoms with Crippen molar-refractivity contribution in [3.63, 3.8) is 0 Å². The molecule has 6 nitrogen and oxygen atoms in total. The van der Waals surface area contributed by atoms with Crippen LogP contribution < -0.4 is 0 Å². The molecule has 0 aliphatic rings. The number of hydrogen-bond donors (Lipinski definition) is 1. The van der Waals surface area contributed by atoms with Gasteiger partial charge in [0.25, 0.3) is 0 Å². The summed E-state index contributed by atoms with van der Waals surface area (Å²) in [7, 11) is 1.24. The van der Waals surface area contributed by atoms with E-state index in [0.29, 0.717) is 0 Å². The molecule has 0 amide bonds. The number of ether oxygens (including phenoxy) is 2. The Balaban J connectivity index is 3.41. The molecule has 0 saturated heterocycles. The van der Waals surface area contributed by atoms with E-state index in [-0.39, 0.29) is 32.3 Å². The van der Waals surface area contributed by atoms with Crippen molar-refractivity contribution in [3.05, 3.63) is 0 Å². The molecule has 6 heteroatoms. The van der Waals surface area contributed by atoms with E-state index in [1.807, 2.05) is 0 Å². The normalized spacial score (nSPS) is 9.40. The van der Waals surface area contributed by atoms with Crippen molar-refractivity contribution in [3.8, 4) is 0 Å². The maximum absolute atomic E-state index is 10.9. The molecule has 0 bridgehead atoms. The zero-order valence-corrected chi connectivity index (χ0v) is 8.52. The van der Waals surface area contributed by atoms with E-state index in [0.717, 1.165) is 0 Å². The van der Waals surface area contributed by atoms with Crippen molar-refractivity contribution < 1.29 is 29.0 Å². The molecule has 1 N–H and O–H groups in total. The van der Waals surface area contributed by atoms with Gasteiger partial charge in [-0.05, 0) is 6.42 Å². The van der Waals surface area contributed by atoms with E-state index in [9.17, 15) is 14.4 Å². The van der Waals surface area contributed by atoms with Crippen LogP contribution in [-0.2, 0) is 23.9 Å². The zero-order valence-electron chi connectivity index (χ0n) is 8.52. The van der Waals surface area contributed by atoms with Gasteiger partial charge in [0.1, 0.15) is 0 Å². The topological polar surface area (TPSA) is 89.9 Å². The molecule has 15 heavy (non-hydrogen) atoms. The van der Waals surface area contributed by atoms with Crippen LogP contribution in [0, 0.1) is 0 Å². The van der Waals surface area contributed by atoms with Crippen LogP contribution in [0.15, 0.2) is 0 Å². The Morgan fingerprint density at radius 1 is 1.07 bits per heavy atom. The number of aliphatic carboxylic acids is 1. The molecule has 0 aromatic carbocycles. The molecule has 0 rings (SSSR count). The second kappa shape index (κ2) is 7.78. The predicted octanol–water partition coefficient (Wildman–Crippen LogP) is 0.348. The summed E-state index contributed by atoms with van der Waals surface area (Å²) in [5.74, 6) is -1.93. The molecule has 0 aliphatic carbocycles. The minimum atomic E-state index is -0.930. The smallest absolute Gasteiger partial charge is 0.306 e. The number of carbonyl (C=O) groups excluding carboxylic acids is 2. The van der Waals surface area contributed by atoms with Crippen molar-refractivity contribution in [2.75, 3.05) is 13.7 Å². The first-order chi connectivity index (χ1) is 7.06. The van der Waals surface area contributed by atoms with Gasteiger partial charge in [0, 0.05) is 6.42 Å². The fraction of sp³-hybridized carbons (Fsp3) is 0.667. The summed E-state index contributed by atoms with van der Waals surface area (Å²) in [6.07, 6.45) is 0.178. The quantitative estimate of drug-likeness (QED) is 0.489. The molecular formula is C9H14O6. The van der Waals surface area contributed by atoms with Gasteiger partial charge in [-0.15, -0.1) is 0 Å². The summed E-state index contributed by atoms with van der Waals surface area (Å²) >= 11 is 0. The molecule has 0 radical (unpaired) electrons. The van der Waals surface area contributed by atoms with Crippen LogP contribution in [-0.4, -0.2) is 36.7 Å². The van der Waals surface area contributed by atoms with Crippen LogP contribution in [0.4, 0.5) is 0 Å². The minimum Gasteiger partial charge on any atom is -0.481 e. The van der Waals surface area contributed by atoms with Crippen LogP contribution in [0.25, 0.3) is 0 Å². The van der Waals surface area contributed by atoms with E-state index in [2.05, 4.69) is 9.47 Å². The second-order valence-corrected chi connectivity index (χ2v) is 2.79. The lowest BCUT2D eigenvalue weighted by molar-refractivity contribution is -0.149. The average Bonchev–Trinajstić information content (AvgIpc) is 2.20. The standard InChI is InChI=1S/C9H14O6/c1-14-8(12)4-5-9(13)15-6-2-3-7(10)11/h2-6H2,1H3,(H,10,11). The fourth-order valence-electron chi connectivity index (χ4n) is 0.788. The van der Waals surface area contributed by atoms with Crippen LogP contribution >= 0.6 is 0 Å². The first-order valence-electron chi connectivity index (χ1n) is 4.50. The molecule has 86 valence electrons. The van der Waals surface area contributed by atoms with Gasteiger partial charge in [-0.3, -0.25) is 14.4 Å². The highest BCUT2D eigenvalue weighted by atomic mass is 16.5. The number of carboxylic acids is 1. The summed E-state index contributed by atoms with van der Waals surface area (Å²) in [5.41, 5.74) is 0. The third-order valence-corrected chi connectivity index (χ3v) is 1.56. The maximum Gasteiger partial charge on any atom is 0.306 e. The number of methoxy groups -OCH3 is 1. The van der Waals surface area contributed by atoms with Gasteiger partial charge in [-0.1, -0.05) is 0 Å². The highest BCUT2D eigenvalue weighted by Crippen LogP contribution is 1.97. The monoisotopic (exact) mass is 218 g/mol. The molecule has 0 aromatic heterocycles. The van der Waals surface area contributed by atoms with Crippen molar-refractivity contribution in [1.29, 1.82) is 0 Å². The lowest BCUT2D eigenvalue weighted by Gasteiger charge is -2.02. The number of hydrogen-bond acceptors (Lipinski definition) is 5. The number of carboxylic acid groups (broad SMARTS) is 1. The van der Waals surface area contributed by atoms with Crippen molar-refractivity contribution in [2.24, 2.45) is 0 Å². The predicted molar refractivity (Wildman–Crippen MR) is 49.1 cm³/mol. The van der Waals surface area contributed by atoms with E-state index in [1.165, 1.54) is 7.11 Å². The van der Waals surface area contributed by atoms with Gasteiger partial charge in [0.2, 0.25) is 0 Å². The third kappa shape index (κ3) is 8.73. The molecule has 0 heterocycles. The van der Waals surface area contributed by atoms with E-state index < -0.39 is 17.9 Å². The Kier molecular flexibility index (Phi) is 6.96. The van der Waals surface area contributed by atoms with Crippen molar-refractivity contribution in [2.45, 2.75) is 25.7 Å². The second-order valence-electron chi connectivity index (χ2n) is 2.79. The summed E-state index contributed by atoms with van der Waals surface area (Å²) in [6, 6.07) is 0. The van der Waals surface area contributed by atoms with Gasteiger partial charge >= 0.3 is 17.9 Å². The van der Waals surface area contributed by atoms with Crippen LogP contribution in [0.1, 0.15) is 25.7 Å². The van der Waals surface area contributed by atoms with E-state index in [1.54, 1.807) is 0 Å². The van der Waals surface area contributed by atoms with Gasteiger partial charge in [-0.25, -0.2) is 0 Å². The lowest BCUT2D eigenvalue weighted by Crippen LogP contribution is -2.10. The Bertz CT molecular complexity index is 235. The minimum absolute atomic E-state index is 0.0196. The molecule has 0 spiro atoms. The molecule has 0 aromatic rings. The SMILES string of the molecule is COC(=O)CCC(=O)OCCCC(=O)O. The molecule has 0 aliphatic heterocycles. The lowest BCUT2D eigenvalue weighted by atomic mass is 10.3. The Hall–Kier alpha value is -1.59. The van der Waals surface area contributed by atoms with Gasteiger partial charge in [0.05, 0.1) is 26.6 Å². The highest BCUT2D eigenvalue weighted by molar-refractivity contribution is 5.77. The summed E-state index contributed by atoms with van der Waals surface area (Å²) in [4.78, 5) is 31.7. The van der Waals surface area contributed by atoms with Gasteiger partial charge in [0.15, 0.2) is 0 Å². The molecule has 0 fully saturated rings. The Morgan fingerprint density at radius 2 is 1.67 bits per heavy atom. The van der Waals surface area contributed by atoms with Crippen LogP contribution in [0.5, 0.6) is 0 Å².